The molecular weight excluding hydrogens is 391 g/mol. The largest absolute Gasteiger partial charge is 0.465 e. The molecule has 0 saturated carbocycles. The van der Waals surface area contributed by atoms with Gasteiger partial charge in [0, 0.05) is 42.3 Å². The Morgan fingerprint density at radius 1 is 1.30 bits per heavy atom. The van der Waals surface area contributed by atoms with Gasteiger partial charge in [0.2, 0.25) is 0 Å². The van der Waals surface area contributed by atoms with Gasteiger partial charge in [-0.1, -0.05) is 0 Å². The fraction of sp³-hybridized carbons (Fsp3) is 0.286. The van der Waals surface area contributed by atoms with Gasteiger partial charge < -0.3 is 25.6 Å². The fourth-order valence-corrected chi connectivity index (χ4v) is 3.49. The van der Waals surface area contributed by atoms with Crippen LogP contribution < -0.4 is 10.6 Å². The molecule has 0 atom stereocenters. The van der Waals surface area contributed by atoms with Gasteiger partial charge in [-0.15, -0.1) is 0 Å². The molecule has 4 N–H and O–H groups in total. The number of carboxylic acid groups (broad SMARTS) is 1. The predicted molar refractivity (Wildman–Crippen MR) is 111 cm³/mol. The number of fused-ring (bicyclic) bond motifs is 1. The molecule has 0 radical (unpaired) electrons. The highest BCUT2D eigenvalue weighted by atomic mass is 19.1. The number of benzene rings is 1. The number of H-pyrrole nitrogens is 1. The molecule has 0 fully saturated rings. The van der Waals surface area contributed by atoms with Gasteiger partial charge >= 0.3 is 6.09 Å². The Morgan fingerprint density at radius 2 is 2.03 bits per heavy atom. The van der Waals surface area contributed by atoms with E-state index >= 15 is 0 Å². The summed E-state index contributed by atoms with van der Waals surface area (Å²) in [5.74, 6) is -1.13. The average Bonchev–Trinajstić information content (AvgIpc) is 3.14. The predicted octanol–water partition coefficient (Wildman–Crippen LogP) is 2.99. The van der Waals surface area contributed by atoms with E-state index in [9.17, 15) is 18.8 Å². The van der Waals surface area contributed by atoms with Gasteiger partial charge in [-0.05, 0) is 50.6 Å². The number of hydrogen-bond donors (Lipinski definition) is 4. The zero-order valence-electron chi connectivity index (χ0n) is 16.9. The number of aryl methyl sites for hydroxylation is 1. The second-order valence-electron chi connectivity index (χ2n) is 6.98. The Kier molecular flexibility index (Phi) is 5.91. The number of amides is 3. The fourth-order valence-electron chi connectivity index (χ4n) is 3.49. The maximum atomic E-state index is 13.6. The number of anilines is 1. The van der Waals surface area contributed by atoms with Gasteiger partial charge in [0.15, 0.2) is 0 Å². The molecular formula is C21H23FN4O4. The number of carbonyl (C=O) groups excluding carboxylic acids is 2. The van der Waals surface area contributed by atoms with Crippen molar-refractivity contribution in [1.82, 2.24) is 15.2 Å². The van der Waals surface area contributed by atoms with Crippen LogP contribution in [-0.4, -0.2) is 52.5 Å². The summed E-state index contributed by atoms with van der Waals surface area (Å²) in [4.78, 5) is 40.3. The normalized spacial score (nSPS) is 13.9. The number of likely N-dealkylation sites (N-methyl/N-ethyl adjacent to an activating group) is 1. The standard InChI is InChI=1S/C21H23FN4O4/c1-4-26(21(29)30)8-7-23-20(28)18-11(2)17(24-12(18)3)10-15-14-9-13(22)5-6-16(14)25-19(15)27/h5-6,9-10,24H,4,7-8H2,1-3H3,(H,23,28)(H,25,27)(H,29,30). The maximum absolute atomic E-state index is 13.6. The van der Waals surface area contributed by atoms with Crippen LogP contribution in [0.2, 0.25) is 0 Å². The van der Waals surface area contributed by atoms with Crippen molar-refractivity contribution in [2.75, 3.05) is 25.0 Å². The summed E-state index contributed by atoms with van der Waals surface area (Å²) < 4.78 is 13.6. The number of aromatic nitrogens is 1. The minimum Gasteiger partial charge on any atom is -0.465 e. The number of rotatable bonds is 6. The third-order valence-corrected chi connectivity index (χ3v) is 5.08. The Labute approximate surface area is 172 Å². The van der Waals surface area contributed by atoms with E-state index in [-0.39, 0.29) is 24.9 Å². The van der Waals surface area contributed by atoms with Crippen LogP contribution >= 0.6 is 0 Å². The van der Waals surface area contributed by atoms with E-state index in [1.165, 1.54) is 23.1 Å². The third-order valence-electron chi connectivity index (χ3n) is 5.08. The molecule has 1 aliphatic rings. The first-order valence-electron chi connectivity index (χ1n) is 9.51. The first-order chi connectivity index (χ1) is 14.2. The molecule has 3 amide bonds. The van der Waals surface area contributed by atoms with Crippen molar-refractivity contribution in [2.45, 2.75) is 20.8 Å². The van der Waals surface area contributed by atoms with Gasteiger partial charge in [0.05, 0.1) is 11.1 Å². The monoisotopic (exact) mass is 414 g/mol. The Bertz CT molecular complexity index is 1060. The lowest BCUT2D eigenvalue weighted by molar-refractivity contribution is -0.110. The highest BCUT2D eigenvalue weighted by Gasteiger charge is 2.26. The highest BCUT2D eigenvalue weighted by Crippen LogP contribution is 2.34. The van der Waals surface area contributed by atoms with E-state index in [0.29, 0.717) is 45.9 Å². The molecule has 0 saturated heterocycles. The zero-order chi connectivity index (χ0) is 22.0. The molecule has 0 bridgehead atoms. The van der Waals surface area contributed by atoms with Crippen molar-refractivity contribution < 1.29 is 23.9 Å². The van der Waals surface area contributed by atoms with E-state index in [1.807, 2.05) is 0 Å². The molecule has 0 aliphatic carbocycles. The molecule has 2 heterocycles. The molecule has 158 valence electrons. The van der Waals surface area contributed by atoms with Crippen LogP contribution in [0.1, 0.15) is 39.8 Å². The summed E-state index contributed by atoms with van der Waals surface area (Å²) in [5, 5.41) is 14.5. The number of aromatic amines is 1. The summed E-state index contributed by atoms with van der Waals surface area (Å²) in [5.41, 5.74) is 3.55. The zero-order valence-corrected chi connectivity index (χ0v) is 16.9. The summed E-state index contributed by atoms with van der Waals surface area (Å²) in [7, 11) is 0. The van der Waals surface area contributed by atoms with Crippen LogP contribution in [0.4, 0.5) is 14.9 Å². The van der Waals surface area contributed by atoms with E-state index in [4.69, 9.17) is 5.11 Å². The lowest BCUT2D eigenvalue weighted by atomic mass is 10.0. The minimum atomic E-state index is -1.04. The second kappa shape index (κ2) is 8.40. The lowest BCUT2D eigenvalue weighted by Gasteiger charge is -2.17. The molecule has 8 nitrogen and oxygen atoms in total. The summed E-state index contributed by atoms with van der Waals surface area (Å²) in [6.45, 7) is 5.89. The SMILES string of the molecule is CCN(CCNC(=O)c1c(C)[nH]c(C=C2C(=O)Nc3ccc(F)cc32)c1C)C(=O)O. The van der Waals surface area contributed by atoms with Crippen LogP contribution in [-0.2, 0) is 4.79 Å². The van der Waals surface area contributed by atoms with Crippen molar-refractivity contribution >= 4 is 35.2 Å². The van der Waals surface area contributed by atoms with Crippen molar-refractivity contribution in [1.29, 1.82) is 0 Å². The van der Waals surface area contributed by atoms with Crippen LogP contribution in [0.25, 0.3) is 11.6 Å². The number of nitrogens with one attached hydrogen (secondary N) is 3. The molecule has 1 aliphatic heterocycles. The lowest BCUT2D eigenvalue weighted by Crippen LogP contribution is -2.37. The van der Waals surface area contributed by atoms with E-state index in [1.54, 1.807) is 26.8 Å². The van der Waals surface area contributed by atoms with Gasteiger partial charge in [-0.3, -0.25) is 9.59 Å². The van der Waals surface area contributed by atoms with Gasteiger partial charge in [0.1, 0.15) is 5.82 Å². The summed E-state index contributed by atoms with van der Waals surface area (Å²) in [6, 6.07) is 4.07. The Balaban J connectivity index is 1.82. The first kappa shape index (κ1) is 21.1. The smallest absolute Gasteiger partial charge is 0.407 e. The molecule has 2 aromatic rings. The van der Waals surface area contributed by atoms with Gasteiger partial charge in [-0.25, -0.2) is 9.18 Å². The highest BCUT2D eigenvalue weighted by molar-refractivity contribution is 6.34. The maximum Gasteiger partial charge on any atom is 0.407 e. The van der Waals surface area contributed by atoms with Crippen LogP contribution in [0, 0.1) is 19.7 Å². The van der Waals surface area contributed by atoms with Crippen molar-refractivity contribution in [3.63, 3.8) is 0 Å². The van der Waals surface area contributed by atoms with Crippen LogP contribution in [0.5, 0.6) is 0 Å². The van der Waals surface area contributed by atoms with Gasteiger partial charge in [0.25, 0.3) is 11.8 Å². The molecule has 0 unspecified atom stereocenters. The number of hydrogen-bond acceptors (Lipinski definition) is 3. The minimum absolute atomic E-state index is 0.175. The number of carbonyl (C=O) groups is 3. The Morgan fingerprint density at radius 3 is 2.70 bits per heavy atom. The van der Waals surface area contributed by atoms with Gasteiger partial charge in [-0.2, -0.15) is 0 Å². The van der Waals surface area contributed by atoms with Crippen molar-refractivity contribution in [2.24, 2.45) is 0 Å². The molecule has 30 heavy (non-hydrogen) atoms. The molecule has 0 spiro atoms. The number of halogens is 1. The quantitative estimate of drug-likeness (QED) is 0.544. The molecule has 3 rings (SSSR count). The number of nitrogens with zero attached hydrogens (tertiary/aromatic N) is 1. The molecule has 1 aromatic carbocycles. The topological polar surface area (TPSA) is 115 Å². The third kappa shape index (κ3) is 4.05. The van der Waals surface area contributed by atoms with Crippen LogP contribution in [0.15, 0.2) is 18.2 Å². The van der Waals surface area contributed by atoms with E-state index in [0.717, 1.165) is 0 Å². The average molecular weight is 414 g/mol. The van der Waals surface area contributed by atoms with E-state index in [2.05, 4.69) is 15.6 Å². The van der Waals surface area contributed by atoms with E-state index < -0.39 is 11.9 Å². The summed E-state index contributed by atoms with van der Waals surface area (Å²) >= 11 is 0. The molecule has 1 aromatic heterocycles. The van der Waals surface area contributed by atoms with Crippen molar-refractivity contribution in [3.05, 3.63) is 52.1 Å². The second-order valence-corrected chi connectivity index (χ2v) is 6.98. The summed E-state index contributed by atoms with van der Waals surface area (Å²) in [6.07, 6.45) is 0.560. The van der Waals surface area contributed by atoms with Crippen molar-refractivity contribution in [3.8, 4) is 0 Å². The Hall–Kier alpha value is -3.62. The molecule has 9 heteroatoms. The van der Waals surface area contributed by atoms with Crippen LogP contribution in [0.3, 0.4) is 0 Å². The first-order valence-corrected chi connectivity index (χ1v) is 9.51.